The van der Waals surface area contributed by atoms with E-state index in [2.05, 4.69) is 15.6 Å². The molecule has 0 fully saturated rings. The maximum atomic E-state index is 13.9. The van der Waals surface area contributed by atoms with Crippen molar-refractivity contribution in [1.29, 1.82) is 0 Å². The van der Waals surface area contributed by atoms with Crippen LogP contribution >= 0.6 is 0 Å². The van der Waals surface area contributed by atoms with Gasteiger partial charge in [0.05, 0.1) is 24.7 Å². The van der Waals surface area contributed by atoms with Crippen molar-refractivity contribution in [3.05, 3.63) is 53.6 Å². The Kier molecular flexibility index (Phi) is 6.34. The molecular formula is C22H25FN4O3. The number of halogens is 1. The predicted octanol–water partition coefficient (Wildman–Crippen LogP) is 3.98. The zero-order valence-corrected chi connectivity index (χ0v) is 17.5. The Morgan fingerprint density at radius 1 is 1.30 bits per heavy atom. The van der Waals surface area contributed by atoms with E-state index in [4.69, 9.17) is 4.74 Å². The first-order chi connectivity index (χ1) is 14.3. The highest BCUT2D eigenvalue weighted by Gasteiger charge is 2.25. The second-order valence-corrected chi connectivity index (χ2v) is 7.08. The minimum absolute atomic E-state index is 0.0706. The van der Waals surface area contributed by atoms with Crippen molar-refractivity contribution in [2.75, 3.05) is 17.7 Å². The van der Waals surface area contributed by atoms with Gasteiger partial charge in [0, 0.05) is 24.9 Å². The number of methoxy groups -OCH3 is 1. The Morgan fingerprint density at radius 3 is 2.67 bits per heavy atom. The number of carbonyl (C=O) groups excluding carboxylic acids is 2. The Morgan fingerprint density at radius 2 is 2.03 bits per heavy atom. The summed E-state index contributed by atoms with van der Waals surface area (Å²) in [4.78, 5) is 28.7. The van der Waals surface area contributed by atoms with E-state index in [0.717, 1.165) is 0 Å². The average Bonchev–Trinajstić information content (AvgIpc) is 3.01. The van der Waals surface area contributed by atoms with E-state index >= 15 is 0 Å². The van der Waals surface area contributed by atoms with Crippen LogP contribution in [0.25, 0.3) is 11.0 Å². The zero-order chi connectivity index (χ0) is 21.8. The molecular weight excluding hydrogens is 387 g/mol. The van der Waals surface area contributed by atoms with Crippen LogP contribution in [0.1, 0.15) is 36.8 Å². The lowest BCUT2D eigenvalue weighted by molar-refractivity contribution is -0.114. The summed E-state index contributed by atoms with van der Waals surface area (Å²) in [6.07, 6.45) is 2.15. The monoisotopic (exact) mass is 412 g/mol. The normalized spacial score (nSPS) is 11.9. The molecule has 1 aromatic carbocycles. The molecule has 0 aliphatic carbocycles. The average molecular weight is 412 g/mol. The third-order valence-electron chi connectivity index (χ3n) is 4.79. The fourth-order valence-corrected chi connectivity index (χ4v) is 3.55. The Balaban J connectivity index is 1.99. The quantitative estimate of drug-likeness (QED) is 0.574. The molecule has 0 radical (unpaired) electrons. The highest BCUT2D eigenvalue weighted by Crippen LogP contribution is 2.32. The predicted molar refractivity (Wildman–Crippen MR) is 114 cm³/mol. The van der Waals surface area contributed by atoms with Crippen molar-refractivity contribution >= 4 is 34.3 Å². The van der Waals surface area contributed by atoms with E-state index in [1.54, 1.807) is 29.0 Å². The number of fused-ring (bicyclic) bond motifs is 1. The molecule has 8 heteroatoms. The first-order valence-electron chi connectivity index (χ1n) is 9.73. The highest BCUT2D eigenvalue weighted by molar-refractivity contribution is 6.10. The standard InChI is InChI=1S/C22H25FN4O3/c1-5-27-20(22(29)30-4)19(26-14(3)28)17-11-16(12-24-21(17)27)25-13(2)10-15-8-6-7-9-18(15)23/h6-9,11-13,25H,5,10H2,1-4H3,(H,26,28)/t13-/m0/s1. The van der Waals surface area contributed by atoms with Crippen LogP contribution in [0.15, 0.2) is 36.5 Å². The van der Waals surface area contributed by atoms with Crippen LogP contribution in [0.4, 0.5) is 15.8 Å². The molecule has 7 nitrogen and oxygen atoms in total. The molecule has 158 valence electrons. The first kappa shape index (κ1) is 21.3. The van der Waals surface area contributed by atoms with Gasteiger partial charge in [-0.15, -0.1) is 0 Å². The molecule has 0 saturated heterocycles. The van der Waals surface area contributed by atoms with Crippen LogP contribution in [0, 0.1) is 5.82 Å². The Bertz CT molecular complexity index is 1090. The van der Waals surface area contributed by atoms with Crippen molar-refractivity contribution in [3.8, 4) is 0 Å². The molecule has 2 aromatic heterocycles. The van der Waals surface area contributed by atoms with Crippen LogP contribution < -0.4 is 10.6 Å². The fraction of sp³-hybridized carbons (Fsp3) is 0.318. The Labute approximate surface area is 174 Å². The number of pyridine rings is 1. The van der Waals surface area contributed by atoms with Gasteiger partial charge >= 0.3 is 5.97 Å². The number of carbonyl (C=O) groups is 2. The summed E-state index contributed by atoms with van der Waals surface area (Å²) in [5.41, 5.74) is 2.49. The molecule has 3 aromatic rings. The smallest absolute Gasteiger partial charge is 0.356 e. The van der Waals surface area contributed by atoms with Gasteiger partial charge in [-0.05, 0) is 38.0 Å². The van der Waals surface area contributed by atoms with Gasteiger partial charge in [-0.1, -0.05) is 18.2 Å². The maximum absolute atomic E-state index is 13.9. The SMILES string of the molecule is CCn1c(C(=O)OC)c(NC(C)=O)c2cc(N[C@@H](C)Cc3ccccc3F)cnc21. The molecule has 0 bridgehead atoms. The number of amides is 1. The molecule has 0 unspecified atom stereocenters. The zero-order valence-electron chi connectivity index (χ0n) is 17.5. The van der Waals surface area contributed by atoms with Crippen LogP contribution in [-0.4, -0.2) is 34.6 Å². The van der Waals surface area contributed by atoms with E-state index in [1.165, 1.54) is 20.1 Å². The Hall–Kier alpha value is -3.42. The number of nitrogens with zero attached hydrogens (tertiary/aromatic N) is 2. The molecule has 2 heterocycles. The third kappa shape index (κ3) is 4.27. The maximum Gasteiger partial charge on any atom is 0.356 e. The molecule has 1 atom stereocenters. The summed E-state index contributed by atoms with van der Waals surface area (Å²) < 4.78 is 20.6. The van der Waals surface area contributed by atoms with Gasteiger partial charge in [-0.3, -0.25) is 4.79 Å². The number of ether oxygens (including phenoxy) is 1. The number of rotatable bonds is 7. The lowest BCUT2D eigenvalue weighted by Gasteiger charge is -2.16. The number of aromatic nitrogens is 2. The van der Waals surface area contributed by atoms with Gasteiger partial charge in [-0.25, -0.2) is 14.2 Å². The van der Waals surface area contributed by atoms with E-state index in [0.29, 0.717) is 40.9 Å². The summed E-state index contributed by atoms with van der Waals surface area (Å²) in [6.45, 7) is 5.68. The van der Waals surface area contributed by atoms with E-state index in [1.807, 2.05) is 19.9 Å². The van der Waals surface area contributed by atoms with Crippen molar-refractivity contribution in [2.24, 2.45) is 0 Å². The largest absolute Gasteiger partial charge is 0.464 e. The van der Waals surface area contributed by atoms with Crippen LogP contribution in [0.3, 0.4) is 0 Å². The lowest BCUT2D eigenvalue weighted by atomic mass is 10.1. The van der Waals surface area contributed by atoms with Crippen molar-refractivity contribution < 1.29 is 18.7 Å². The molecule has 0 aliphatic heterocycles. The molecule has 3 rings (SSSR count). The number of anilines is 2. The number of hydrogen-bond acceptors (Lipinski definition) is 5. The number of hydrogen-bond donors (Lipinski definition) is 2. The number of nitrogens with one attached hydrogen (secondary N) is 2. The summed E-state index contributed by atoms with van der Waals surface area (Å²) in [6, 6.07) is 8.42. The molecule has 30 heavy (non-hydrogen) atoms. The van der Waals surface area contributed by atoms with E-state index < -0.39 is 5.97 Å². The van der Waals surface area contributed by atoms with Gasteiger partial charge in [-0.2, -0.15) is 0 Å². The molecule has 0 aliphatic rings. The van der Waals surface area contributed by atoms with Crippen molar-refractivity contribution in [2.45, 2.75) is 39.8 Å². The summed E-state index contributed by atoms with van der Waals surface area (Å²) in [5, 5.41) is 6.67. The van der Waals surface area contributed by atoms with Gasteiger partial charge in [0.25, 0.3) is 0 Å². The van der Waals surface area contributed by atoms with Crippen molar-refractivity contribution in [1.82, 2.24) is 9.55 Å². The molecule has 2 N–H and O–H groups in total. The minimum atomic E-state index is -0.555. The van der Waals surface area contributed by atoms with Crippen LogP contribution in [0.2, 0.25) is 0 Å². The van der Waals surface area contributed by atoms with Gasteiger partial charge in [0.1, 0.15) is 11.5 Å². The molecule has 1 amide bonds. The number of aryl methyl sites for hydroxylation is 1. The summed E-state index contributed by atoms with van der Waals surface area (Å²) in [7, 11) is 1.29. The van der Waals surface area contributed by atoms with Crippen LogP contribution in [-0.2, 0) is 22.5 Å². The number of esters is 1. The summed E-state index contributed by atoms with van der Waals surface area (Å²) >= 11 is 0. The van der Waals surface area contributed by atoms with Gasteiger partial charge in [0.15, 0.2) is 5.69 Å². The lowest BCUT2D eigenvalue weighted by Crippen LogP contribution is -2.18. The highest BCUT2D eigenvalue weighted by atomic mass is 19.1. The van der Waals surface area contributed by atoms with E-state index in [-0.39, 0.29) is 23.5 Å². The summed E-state index contributed by atoms with van der Waals surface area (Å²) in [5.74, 6) is -1.10. The molecule has 0 saturated carbocycles. The van der Waals surface area contributed by atoms with Gasteiger partial charge in [0.2, 0.25) is 5.91 Å². The fourth-order valence-electron chi connectivity index (χ4n) is 3.55. The third-order valence-corrected chi connectivity index (χ3v) is 4.79. The number of benzene rings is 1. The van der Waals surface area contributed by atoms with Gasteiger partial charge < -0.3 is 19.9 Å². The topological polar surface area (TPSA) is 85.2 Å². The molecule has 0 spiro atoms. The first-order valence-corrected chi connectivity index (χ1v) is 9.73. The van der Waals surface area contributed by atoms with Crippen molar-refractivity contribution in [3.63, 3.8) is 0 Å². The minimum Gasteiger partial charge on any atom is -0.464 e. The second-order valence-electron chi connectivity index (χ2n) is 7.08. The second kappa shape index (κ2) is 8.94. The van der Waals surface area contributed by atoms with Crippen LogP contribution in [0.5, 0.6) is 0 Å². The van der Waals surface area contributed by atoms with E-state index in [9.17, 15) is 14.0 Å².